The molecule has 14 rings (SSSR count). The maximum atomic E-state index is 5.45. The van der Waals surface area contributed by atoms with E-state index in [9.17, 15) is 0 Å². The lowest BCUT2D eigenvalue weighted by molar-refractivity contribution is 0.794. The minimum Gasteiger partial charge on any atom is -0.309 e. The number of hydrogen-bond acceptors (Lipinski definition) is 2. The number of aromatic nitrogens is 3. The molecular formula is C61H37N3. The molecule has 3 heterocycles. The van der Waals surface area contributed by atoms with Gasteiger partial charge < -0.3 is 4.57 Å². The molecule has 3 nitrogen and oxygen atoms in total. The standard InChI is InChI=1S/C61H37N3/c1-7-22-50-43(16-1)44-17-2-8-23-51(44)61(50)52-24-9-3-20-47(52)59-53(61)34-33-49-58(59)48-21-4-10-25-55(48)63-60(49)40-15-13-14-39(36-40)41-30-35-54(62-37-41)38-28-31-42(32-29-38)64-56-26-11-5-18-45(56)46-19-6-12-27-57(46)64/h1-37H. The van der Waals surface area contributed by atoms with Gasteiger partial charge in [0, 0.05) is 55.5 Å². The Morgan fingerprint density at radius 1 is 0.375 bits per heavy atom. The van der Waals surface area contributed by atoms with Crippen molar-refractivity contribution in [2.75, 3.05) is 0 Å². The van der Waals surface area contributed by atoms with Crippen molar-refractivity contribution in [3.05, 3.63) is 247 Å². The van der Waals surface area contributed by atoms with Gasteiger partial charge in [0.15, 0.2) is 0 Å². The second-order valence-electron chi connectivity index (χ2n) is 17.2. The van der Waals surface area contributed by atoms with Crippen LogP contribution in [0.2, 0.25) is 0 Å². The van der Waals surface area contributed by atoms with Crippen LogP contribution in [0.3, 0.4) is 0 Å². The molecule has 0 saturated heterocycles. The van der Waals surface area contributed by atoms with E-state index in [1.807, 2.05) is 6.20 Å². The number of para-hydroxylation sites is 3. The fourth-order valence-corrected chi connectivity index (χ4v) is 11.4. The van der Waals surface area contributed by atoms with E-state index in [4.69, 9.17) is 9.97 Å². The SMILES string of the molecule is c1cc(-c2ccc(-c3ccc(-n4c5ccccc5c5ccccc54)cc3)nc2)cc(-c2nc3ccccc3c3c4c(ccc23)C2(c3ccccc3-c3ccccc32)c2ccccc2-4)c1. The van der Waals surface area contributed by atoms with Crippen LogP contribution in [0.25, 0.3) is 105 Å². The van der Waals surface area contributed by atoms with Crippen LogP contribution in [0.15, 0.2) is 225 Å². The van der Waals surface area contributed by atoms with Gasteiger partial charge in [-0.2, -0.15) is 0 Å². The summed E-state index contributed by atoms with van der Waals surface area (Å²) in [5, 5.41) is 6.10. The minimum absolute atomic E-state index is 0.411. The number of hydrogen-bond donors (Lipinski definition) is 0. The molecule has 12 aromatic rings. The Morgan fingerprint density at radius 3 is 1.64 bits per heavy atom. The summed E-state index contributed by atoms with van der Waals surface area (Å²) in [4.78, 5) is 10.5. The summed E-state index contributed by atoms with van der Waals surface area (Å²) >= 11 is 0. The Kier molecular flexibility index (Phi) is 7.32. The largest absolute Gasteiger partial charge is 0.309 e. The van der Waals surface area contributed by atoms with Crippen molar-refractivity contribution in [3.63, 3.8) is 0 Å². The number of rotatable bonds is 4. The molecule has 296 valence electrons. The summed E-state index contributed by atoms with van der Waals surface area (Å²) in [7, 11) is 0. The van der Waals surface area contributed by atoms with E-state index >= 15 is 0 Å². The topological polar surface area (TPSA) is 30.7 Å². The van der Waals surface area contributed by atoms with Crippen LogP contribution in [-0.4, -0.2) is 14.5 Å². The smallest absolute Gasteiger partial charge is 0.0788 e. The lowest BCUT2D eigenvalue weighted by Crippen LogP contribution is -2.25. The Bertz CT molecular complexity index is 3790. The normalized spacial score (nSPS) is 13.1. The molecule has 2 aliphatic rings. The average Bonchev–Trinajstić information content (AvgIpc) is 3.98. The third-order valence-electron chi connectivity index (χ3n) is 14.1. The van der Waals surface area contributed by atoms with Gasteiger partial charge in [0.25, 0.3) is 0 Å². The quantitative estimate of drug-likeness (QED) is 0.166. The van der Waals surface area contributed by atoms with Crippen molar-refractivity contribution >= 4 is 43.5 Å². The third-order valence-corrected chi connectivity index (χ3v) is 14.1. The first-order chi connectivity index (χ1) is 31.8. The van der Waals surface area contributed by atoms with E-state index in [0.29, 0.717) is 0 Å². The fourth-order valence-electron chi connectivity index (χ4n) is 11.4. The highest BCUT2D eigenvalue weighted by Gasteiger charge is 2.52. The minimum atomic E-state index is -0.411. The van der Waals surface area contributed by atoms with Crippen LogP contribution in [0.1, 0.15) is 22.3 Å². The van der Waals surface area contributed by atoms with Crippen LogP contribution in [0, 0.1) is 0 Å². The summed E-state index contributed by atoms with van der Waals surface area (Å²) in [5.41, 5.74) is 21.0. The Labute approximate surface area is 370 Å². The van der Waals surface area contributed by atoms with Crippen LogP contribution >= 0.6 is 0 Å². The number of benzene rings is 9. The zero-order chi connectivity index (χ0) is 41.9. The third kappa shape index (κ3) is 4.76. The maximum Gasteiger partial charge on any atom is 0.0788 e. The second kappa shape index (κ2) is 13.3. The maximum absolute atomic E-state index is 5.45. The molecular weight excluding hydrogens is 775 g/mol. The van der Waals surface area contributed by atoms with Gasteiger partial charge in [-0.15, -0.1) is 0 Å². The molecule has 2 aliphatic carbocycles. The highest BCUT2D eigenvalue weighted by molar-refractivity contribution is 6.20. The van der Waals surface area contributed by atoms with Crippen molar-refractivity contribution in [2.24, 2.45) is 0 Å². The lowest BCUT2D eigenvalue weighted by Gasteiger charge is -2.30. The highest BCUT2D eigenvalue weighted by Crippen LogP contribution is 2.64. The van der Waals surface area contributed by atoms with E-state index < -0.39 is 5.41 Å². The predicted molar refractivity (Wildman–Crippen MR) is 264 cm³/mol. The van der Waals surface area contributed by atoms with Crippen molar-refractivity contribution < 1.29 is 0 Å². The predicted octanol–water partition coefficient (Wildman–Crippen LogP) is 15.2. The molecule has 0 aliphatic heterocycles. The summed E-state index contributed by atoms with van der Waals surface area (Å²) < 4.78 is 2.35. The number of nitrogens with zero attached hydrogens (tertiary/aromatic N) is 3. The van der Waals surface area contributed by atoms with E-state index in [2.05, 4.69) is 223 Å². The molecule has 3 heteroatoms. The van der Waals surface area contributed by atoms with Crippen molar-refractivity contribution in [1.82, 2.24) is 14.5 Å². The molecule has 0 radical (unpaired) electrons. The Morgan fingerprint density at radius 2 is 0.953 bits per heavy atom. The first kappa shape index (κ1) is 35.2. The molecule has 0 amide bonds. The van der Waals surface area contributed by atoms with Crippen molar-refractivity contribution in [1.29, 1.82) is 0 Å². The summed E-state index contributed by atoms with van der Waals surface area (Å²) in [6.45, 7) is 0. The van der Waals surface area contributed by atoms with E-state index in [1.165, 1.54) is 77.1 Å². The van der Waals surface area contributed by atoms with Crippen LogP contribution in [0.5, 0.6) is 0 Å². The van der Waals surface area contributed by atoms with E-state index in [-0.39, 0.29) is 0 Å². The molecule has 0 bridgehead atoms. The lowest BCUT2D eigenvalue weighted by atomic mass is 9.70. The van der Waals surface area contributed by atoms with Crippen molar-refractivity contribution in [2.45, 2.75) is 5.41 Å². The molecule has 64 heavy (non-hydrogen) atoms. The van der Waals surface area contributed by atoms with Gasteiger partial charge in [-0.3, -0.25) is 4.98 Å². The number of pyridine rings is 2. The van der Waals surface area contributed by atoms with Gasteiger partial charge in [0.2, 0.25) is 0 Å². The summed E-state index contributed by atoms with van der Waals surface area (Å²) in [6, 6.07) is 79.7. The van der Waals surface area contributed by atoms with Crippen LogP contribution in [-0.2, 0) is 5.41 Å². The monoisotopic (exact) mass is 811 g/mol. The van der Waals surface area contributed by atoms with E-state index in [0.717, 1.165) is 50.2 Å². The molecule has 3 aromatic heterocycles. The molecule has 0 N–H and O–H groups in total. The summed E-state index contributed by atoms with van der Waals surface area (Å²) in [6.07, 6.45) is 2.00. The van der Waals surface area contributed by atoms with Gasteiger partial charge in [-0.1, -0.05) is 176 Å². The zero-order valence-corrected chi connectivity index (χ0v) is 34.7. The van der Waals surface area contributed by atoms with Gasteiger partial charge >= 0.3 is 0 Å². The molecule has 9 aromatic carbocycles. The fraction of sp³-hybridized carbons (Fsp3) is 0.0164. The second-order valence-corrected chi connectivity index (χ2v) is 17.2. The zero-order valence-electron chi connectivity index (χ0n) is 34.7. The molecule has 0 atom stereocenters. The average molecular weight is 812 g/mol. The van der Waals surface area contributed by atoms with Gasteiger partial charge in [0.1, 0.15) is 0 Å². The van der Waals surface area contributed by atoms with Gasteiger partial charge in [0.05, 0.1) is 33.4 Å². The summed E-state index contributed by atoms with van der Waals surface area (Å²) in [5.74, 6) is 0. The van der Waals surface area contributed by atoms with Gasteiger partial charge in [-0.25, -0.2) is 4.98 Å². The number of fused-ring (bicyclic) bond motifs is 17. The highest BCUT2D eigenvalue weighted by atomic mass is 15.0. The molecule has 0 unspecified atom stereocenters. The van der Waals surface area contributed by atoms with Crippen LogP contribution < -0.4 is 0 Å². The molecule has 0 saturated carbocycles. The Hall–Kier alpha value is -8.40. The first-order valence-corrected chi connectivity index (χ1v) is 22.1. The Balaban J connectivity index is 0.877. The van der Waals surface area contributed by atoms with Gasteiger partial charge in [-0.05, 0) is 92.5 Å². The van der Waals surface area contributed by atoms with Crippen molar-refractivity contribution in [3.8, 4) is 61.6 Å². The first-order valence-electron chi connectivity index (χ1n) is 22.1. The van der Waals surface area contributed by atoms with Crippen LogP contribution in [0.4, 0.5) is 0 Å². The molecule has 0 fully saturated rings. The molecule has 1 spiro atoms. The van der Waals surface area contributed by atoms with E-state index in [1.54, 1.807) is 0 Å².